The van der Waals surface area contributed by atoms with Crippen LogP contribution in [0.25, 0.3) is 6.08 Å². The van der Waals surface area contributed by atoms with Gasteiger partial charge >= 0.3 is 0 Å². The molecule has 0 aliphatic carbocycles. The summed E-state index contributed by atoms with van der Waals surface area (Å²) < 4.78 is 0. The molecule has 0 bridgehead atoms. The highest BCUT2D eigenvalue weighted by Gasteiger charge is 2.58. The van der Waals surface area contributed by atoms with Crippen LogP contribution in [0.4, 0.5) is 11.4 Å². The number of nitro benzene ring substituents is 1. The zero-order valence-electron chi connectivity index (χ0n) is 14.7. The van der Waals surface area contributed by atoms with Crippen molar-refractivity contribution in [2.45, 2.75) is 36.0 Å². The summed E-state index contributed by atoms with van der Waals surface area (Å²) in [5, 5.41) is 11.1. The van der Waals surface area contributed by atoms with E-state index in [1.807, 2.05) is 6.07 Å². The highest BCUT2D eigenvalue weighted by atomic mass is 32.2. The molecule has 0 unspecified atom stereocenters. The number of anilines is 1. The number of hydrogen-bond donors (Lipinski definition) is 0. The number of thioether (sulfide) groups is 1. The van der Waals surface area contributed by atoms with E-state index in [4.69, 9.17) is 0 Å². The summed E-state index contributed by atoms with van der Waals surface area (Å²) in [5.74, 6) is 0. The second-order valence-corrected chi connectivity index (χ2v) is 8.49. The number of nitrogens with zero attached hydrogens (tertiary/aromatic N) is 2. The fourth-order valence-corrected chi connectivity index (χ4v) is 5.96. The zero-order valence-corrected chi connectivity index (χ0v) is 15.6. The maximum Gasteiger partial charge on any atom is 0.270 e. The lowest BCUT2D eigenvalue weighted by atomic mass is 9.76. The van der Waals surface area contributed by atoms with Crippen LogP contribution in [0.15, 0.2) is 52.9 Å². The molecular weight excluding hydrogens is 332 g/mol. The van der Waals surface area contributed by atoms with Crippen molar-refractivity contribution in [1.82, 2.24) is 0 Å². The molecule has 0 radical (unpaired) electrons. The molecule has 0 amide bonds. The third kappa shape index (κ3) is 1.96. The van der Waals surface area contributed by atoms with Crippen LogP contribution in [0.1, 0.15) is 31.9 Å². The molecule has 4 rings (SSSR count). The second-order valence-electron chi connectivity index (χ2n) is 7.25. The van der Waals surface area contributed by atoms with Gasteiger partial charge in [0.1, 0.15) is 4.87 Å². The molecule has 1 atom stereocenters. The SMILES string of the molecule is CC1=Cc2cc([N+](=O)[O-])ccc2S[C@]12N(C)c1ccccc1C2(C)C. The van der Waals surface area contributed by atoms with Gasteiger partial charge in [0.25, 0.3) is 5.69 Å². The van der Waals surface area contributed by atoms with E-state index >= 15 is 0 Å². The monoisotopic (exact) mass is 352 g/mol. The van der Waals surface area contributed by atoms with Gasteiger partial charge in [-0.15, -0.1) is 0 Å². The van der Waals surface area contributed by atoms with Gasteiger partial charge in [0, 0.05) is 35.2 Å². The van der Waals surface area contributed by atoms with Crippen molar-refractivity contribution >= 4 is 29.2 Å². The predicted molar refractivity (Wildman–Crippen MR) is 103 cm³/mol. The summed E-state index contributed by atoms with van der Waals surface area (Å²) in [6, 6.07) is 13.7. The van der Waals surface area contributed by atoms with Crippen LogP contribution in [0.5, 0.6) is 0 Å². The van der Waals surface area contributed by atoms with Crippen LogP contribution in [-0.4, -0.2) is 16.8 Å². The van der Waals surface area contributed by atoms with Crippen molar-refractivity contribution in [3.63, 3.8) is 0 Å². The van der Waals surface area contributed by atoms with Crippen molar-refractivity contribution in [2.24, 2.45) is 0 Å². The number of hydrogen-bond acceptors (Lipinski definition) is 4. The van der Waals surface area contributed by atoms with E-state index in [-0.39, 0.29) is 20.9 Å². The molecule has 1 spiro atoms. The Kier molecular flexibility index (Phi) is 3.32. The van der Waals surface area contributed by atoms with E-state index in [0.717, 1.165) is 10.5 Å². The minimum atomic E-state index is -0.333. The maximum atomic E-state index is 11.1. The van der Waals surface area contributed by atoms with Crippen molar-refractivity contribution in [1.29, 1.82) is 0 Å². The first-order chi connectivity index (χ1) is 11.8. The van der Waals surface area contributed by atoms with Gasteiger partial charge in [0.15, 0.2) is 0 Å². The fraction of sp³-hybridized carbons (Fsp3) is 0.300. The van der Waals surface area contributed by atoms with Crippen LogP contribution < -0.4 is 4.90 Å². The minimum Gasteiger partial charge on any atom is -0.355 e. The smallest absolute Gasteiger partial charge is 0.270 e. The Morgan fingerprint density at radius 3 is 2.56 bits per heavy atom. The van der Waals surface area contributed by atoms with Crippen molar-refractivity contribution in [3.8, 4) is 0 Å². The van der Waals surface area contributed by atoms with E-state index in [1.165, 1.54) is 16.8 Å². The Bertz CT molecular complexity index is 935. The summed E-state index contributed by atoms with van der Waals surface area (Å²) in [7, 11) is 2.15. The molecule has 5 heteroatoms. The number of para-hydroxylation sites is 1. The number of likely N-dealkylation sites (N-methyl/N-ethyl adjacent to an activating group) is 1. The van der Waals surface area contributed by atoms with Gasteiger partial charge in [0.2, 0.25) is 0 Å². The summed E-state index contributed by atoms with van der Waals surface area (Å²) in [6.07, 6.45) is 2.11. The highest BCUT2D eigenvalue weighted by molar-refractivity contribution is 8.01. The van der Waals surface area contributed by atoms with Gasteiger partial charge < -0.3 is 4.90 Å². The molecule has 0 fully saturated rings. The Hall–Kier alpha value is -2.27. The average molecular weight is 352 g/mol. The van der Waals surface area contributed by atoms with E-state index in [9.17, 15) is 10.1 Å². The standard InChI is InChI=1S/C20H20N2O2S/c1-13-11-14-12-15(22(23)24)9-10-18(14)25-20(13)19(2,3)16-7-5-6-8-17(16)21(20)4/h5-12H,1-4H3/t20-/m1/s1. The second kappa shape index (κ2) is 5.11. The van der Waals surface area contributed by atoms with Crippen LogP contribution in [-0.2, 0) is 5.41 Å². The van der Waals surface area contributed by atoms with E-state index in [2.05, 4.69) is 63.1 Å². The van der Waals surface area contributed by atoms with E-state index in [0.29, 0.717) is 0 Å². The topological polar surface area (TPSA) is 46.4 Å². The van der Waals surface area contributed by atoms with Crippen LogP contribution in [0.3, 0.4) is 0 Å². The summed E-state index contributed by atoms with van der Waals surface area (Å²) in [4.78, 5) is 14.0. The largest absolute Gasteiger partial charge is 0.355 e. The van der Waals surface area contributed by atoms with Gasteiger partial charge in [-0.1, -0.05) is 49.9 Å². The predicted octanol–water partition coefficient (Wildman–Crippen LogP) is 5.23. The van der Waals surface area contributed by atoms with E-state index < -0.39 is 0 Å². The van der Waals surface area contributed by atoms with Crippen molar-refractivity contribution < 1.29 is 4.92 Å². The quantitative estimate of drug-likeness (QED) is 0.521. The van der Waals surface area contributed by atoms with Gasteiger partial charge in [-0.3, -0.25) is 10.1 Å². The maximum absolute atomic E-state index is 11.1. The van der Waals surface area contributed by atoms with Gasteiger partial charge in [-0.25, -0.2) is 0 Å². The Balaban J connectivity index is 1.91. The summed E-state index contributed by atoms with van der Waals surface area (Å²) >= 11 is 1.80. The third-order valence-corrected chi connectivity index (χ3v) is 7.62. The number of fused-ring (bicyclic) bond motifs is 2. The molecule has 0 saturated carbocycles. The Labute approximate surface area is 151 Å². The lowest BCUT2D eigenvalue weighted by molar-refractivity contribution is -0.384. The lowest BCUT2D eigenvalue weighted by Gasteiger charge is -2.48. The van der Waals surface area contributed by atoms with Crippen LogP contribution in [0.2, 0.25) is 0 Å². The number of nitro groups is 1. The molecule has 4 nitrogen and oxygen atoms in total. The lowest BCUT2D eigenvalue weighted by Crippen LogP contribution is -2.53. The average Bonchev–Trinajstić information content (AvgIpc) is 2.75. The first kappa shape index (κ1) is 16.2. The molecule has 2 aromatic rings. The third-order valence-electron chi connectivity index (χ3n) is 5.63. The molecule has 0 N–H and O–H groups in total. The van der Waals surface area contributed by atoms with Crippen LogP contribution >= 0.6 is 11.8 Å². The normalized spacial score (nSPS) is 23.2. The van der Waals surface area contributed by atoms with Crippen LogP contribution in [0, 0.1) is 10.1 Å². The van der Waals surface area contributed by atoms with Gasteiger partial charge in [0.05, 0.1) is 4.92 Å². The molecule has 0 saturated heterocycles. The molecule has 25 heavy (non-hydrogen) atoms. The molecule has 128 valence electrons. The molecule has 0 aromatic heterocycles. The minimum absolute atomic E-state index is 0.0942. The Morgan fingerprint density at radius 2 is 1.88 bits per heavy atom. The Morgan fingerprint density at radius 1 is 1.16 bits per heavy atom. The van der Waals surface area contributed by atoms with Crippen molar-refractivity contribution in [3.05, 3.63) is 69.3 Å². The molecular formula is C20H20N2O2S. The van der Waals surface area contributed by atoms with Gasteiger partial charge in [-0.05, 0) is 35.8 Å². The fourth-order valence-electron chi connectivity index (χ4n) is 4.45. The highest BCUT2D eigenvalue weighted by Crippen LogP contribution is 2.63. The van der Waals surface area contributed by atoms with Gasteiger partial charge in [-0.2, -0.15) is 0 Å². The number of benzene rings is 2. The number of rotatable bonds is 1. The molecule has 2 aromatic carbocycles. The zero-order chi connectivity index (χ0) is 18.0. The molecule has 2 aliphatic heterocycles. The van der Waals surface area contributed by atoms with Crippen molar-refractivity contribution in [2.75, 3.05) is 11.9 Å². The number of non-ortho nitro benzene ring substituents is 1. The molecule has 2 heterocycles. The summed E-state index contributed by atoms with van der Waals surface area (Å²) in [5.41, 5.74) is 4.78. The van der Waals surface area contributed by atoms with E-state index in [1.54, 1.807) is 23.9 Å². The molecule has 2 aliphatic rings. The summed E-state index contributed by atoms with van der Waals surface area (Å²) in [6.45, 7) is 6.71. The first-order valence-electron chi connectivity index (χ1n) is 8.28. The first-order valence-corrected chi connectivity index (χ1v) is 9.10.